The van der Waals surface area contributed by atoms with Crippen LogP contribution in [0.25, 0.3) is 0 Å². The molecule has 0 amide bonds. The van der Waals surface area contributed by atoms with E-state index in [0.717, 1.165) is 0 Å². The molecule has 0 N–H and O–H groups in total. The molecule has 0 aromatic heterocycles. The molecule has 1 unspecified atom stereocenters. The fourth-order valence-corrected chi connectivity index (χ4v) is 2.19. The summed E-state index contributed by atoms with van der Waals surface area (Å²) >= 11 is 1.89. The van der Waals surface area contributed by atoms with Gasteiger partial charge >= 0.3 is 0 Å². The Morgan fingerprint density at radius 1 is 1.25 bits per heavy atom. The first-order chi connectivity index (χ1) is 7.32. The summed E-state index contributed by atoms with van der Waals surface area (Å²) in [6.07, 6.45) is 9.33. The zero-order chi connectivity index (χ0) is 12.8. The van der Waals surface area contributed by atoms with E-state index in [4.69, 9.17) is 0 Å². The van der Waals surface area contributed by atoms with Gasteiger partial charge in [-0.1, -0.05) is 58.8 Å². The lowest BCUT2D eigenvalue weighted by Gasteiger charge is -2.19. The zero-order valence-corrected chi connectivity index (χ0v) is 12.9. The van der Waals surface area contributed by atoms with Crippen molar-refractivity contribution >= 4 is 11.8 Å². The van der Waals surface area contributed by atoms with Gasteiger partial charge in [0.1, 0.15) is 0 Å². The molecule has 0 saturated carbocycles. The Hall–Kier alpha value is -0.170. The summed E-state index contributed by atoms with van der Waals surface area (Å²) in [4.78, 5) is 1.51. The number of rotatable bonds is 5. The van der Waals surface area contributed by atoms with E-state index in [2.05, 4.69) is 60.0 Å². The van der Waals surface area contributed by atoms with Crippen LogP contribution in [-0.2, 0) is 0 Å². The summed E-state index contributed by atoms with van der Waals surface area (Å²) in [7, 11) is 0. The van der Waals surface area contributed by atoms with Gasteiger partial charge in [-0.3, -0.25) is 0 Å². The first-order valence-electron chi connectivity index (χ1n) is 6.25. The van der Waals surface area contributed by atoms with Crippen LogP contribution in [0.5, 0.6) is 0 Å². The largest absolute Gasteiger partial charge is 0.134 e. The Kier molecular flexibility index (Phi) is 7.14. The highest BCUT2D eigenvalue weighted by atomic mass is 32.2. The van der Waals surface area contributed by atoms with E-state index < -0.39 is 0 Å². The van der Waals surface area contributed by atoms with Crippen molar-refractivity contribution in [1.82, 2.24) is 0 Å². The van der Waals surface area contributed by atoms with Crippen LogP contribution in [0.3, 0.4) is 0 Å². The van der Waals surface area contributed by atoms with Crippen LogP contribution >= 0.6 is 11.8 Å². The summed E-state index contributed by atoms with van der Waals surface area (Å²) in [6.45, 7) is 13.6. The van der Waals surface area contributed by atoms with Crippen molar-refractivity contribution in [3.05, 3.63) is 22.6 Å². The average Bonchev–Trinajstić information content (AvgIpc) is 2.17. The molecule has 0 aliphatic heterocycles. The first-order valence-corrected chi connectivity index (χ1v) is 7.48. The molecule has 1 heteroatoms. The van der Waals surface area contributed by atoms with Gasteiger partial charge in [-0.2, -0.15) is 0 Å². The van der Waals surface area contributed by atoms with Gasteiger partial charge in [0, 0.05) is 0 Å². The molecule has 0 aliphatic carbocycles. The minimum Gasteiger partial charge on any atom is -0.134 e. The van der Waals surface area contributed by atoms with E-state index in [0.29, 0.717) is 5.92 Å². The van der Waals surface area contributed by atoms with Gasteiger partial charge in [0.15, 0.2) is 0 Å². The minimum absolute atomic E-state index is 0.286. The van der Waals surface area contributed by atoms with Gasteiger partial charge in [0.2, 0.25) is 0 Å². The molecule has 0 bridgehead atoms. The molecule has 0 nitrogen and oxygen atoms in total. The molecular formula is C15H28S. The van der Waals surface area contributed by atoms with Crippen molar-refractivity contribution in [2.45, 2.75) is 54.4 Å². The maximum atomic E-state index is 2.33. The van der Waals surface area contributed by atoms with E-state index >= 15 is 0 Å². The Morgan fingerprint density at radius 3 is 2.19 bits per heavy atom. The maximum absolute atomic E-state index is 2.33. The highest BCUT2D eigenvalue weighted by Gasteiger charge is 2.12. The standard InChI is InChI=1S/C15H28S/c1-8-9-12(2)14(16-7)11-10-13(3)15(4,5)6/h10-12H,8-9H2,1-7H3. The third kappa shape index (κ3) is 5.79. The fourth-order valence-electron chi connectivity index (χ4n) is 1.47. The molecule has 0 radical (unpaired) electrons. The van der Waals surface area contributed by atoms with Crippen molar-refractivity contribution in [1.29, 1.82) is 0 Å². The van der Waals surface area contributed by atoms with E-state index in [1.54, 1.807) is 0 Å². The molecule has 0 aliphatic rings. The van der Waals surface area contributed by atoms with Crippen molar-refractivity contribution in [3.8, 4) is 0 Å². The quantitative estimate of drug-likeness (QED) is 0.559. The molecule has 0 aromatic rings. The van der Waals surface area contributed by atoms with Crippen LogP contribution in [0.1, 0.15) is 54.4 Å². The van der Waals surface area contributed by atoms with Crippen LogP contribution in [0.2, 0.25) is 0 Å². The summed E-state index contributed by atoms with van der Waals surface area (Å²) in [5.74, 6) is 0.698. The fraction of sp³-hybridized carbons (Fsp3) is 0.733. The average molecular weight is 240 g/mol. The van der Waals surface area contributed by atoms with Crippen LogP contribution in [0.4, 0.5) is 0 Å². The molecule has 0 rings (SSSR count). The van der Waals surface area contributed by atoms with Crippen LogP contribution in [0.15, 0.2) is 22.6 Å². The Balaban J connectivity index is 4.72. The molecule has 1 atom stereocenters. The van der Waals surface area contributed by atoms with Gasteiger partial charge in [-0.25, -0.2) is 0 Å². The SMILES string of the molecule is CCCC(C)C(=CC=C(C)C(C)(C)C)SC. The van der Waals surface area contributed by atoms with Gasteiger partial charge in [0.25, 0.3) is 0 Å². The number of allylic oxidation sites excluding steroid dienone is 4. The first kappa shape index (κ1) is 15.8. The predicted molar refractivity (Wildman–Crippen MR) is 78.9 cm³/mol. The molecule has 0 saturated heterocycles. The summed E-state index contributed by atoms with van der Waals surface area (Å²) in [6, 6.07) is 0. The van der Waals surface area contributed by atoms with E-state index in [1.165, 1.54) is 23.3 Å². The zero-order valence-electron chi connectivity index (χ0n) is 12.1. The number of hydrogen-bond acceptors (Lipinski definition) is 1. The van der Waals surface area contributed by atoms with Crippen LogP contribution < -0.4 is 0 Å². The highest BCUT2D eigenvalue weighted by molar-refractivity contribution is 8.02. The third-order valence-electron chi connectivity index (χ3n) is 3.12. The monoisotopic (exact) mass is 240 g/mol. The van der Waals surface area contributed by atoms with Crippen molar-refractivity contribution in [3.63, 3.8) is 0 Å². The predicted octanol–water partition coefficient (Wildman–Crippen LogP) is 5.66. The van der Waals surface area contributed by atoms with Gasteiger partial charge in [-0.15, -0.1) is 11.8 Å². The van der Waals surface area contributed by atoms with Crippen molar-refractivity contribution in [2.75, 3.05) is 6.26 Å². The topological polar surface area (TPSA) is 0 Å². The lowest BCUT2D eigenvalue weighted by Crippen LogP contribution is -2.06. The summed E-state index contributed by atoms with van der Waals surface area (Å²) < 4.78 is 0. The molecule has 0 heterocycles. The Labute approximate surface area is 107 Å². The Bertz CT molecular complexity index is 253. The summed E-state index contributed by atoms with van der Waals surface area (Å²) in [5.41, 5.74) is 1.73. The van der Waals surface area contributed by atoms with Crippen LogP contribution in [0, 0.1) is 11.3 Å². The second kappa shape index (κ2) is 7.21. The minimum atomic E-state index is 0.286. The van der Waals surface area contributed by atoms with Crippen LogP contribution in [-0.4, -0.2) is 6.26 Å². The normalized spacial score (nSPS) is 16.4. The van der Waals surface area contributed by atoms with E-state index in [1.807, 2.05) is 11.8 Å². The smallest absolute Gasteiger partial charge is 0.0127 e. The molecule has 0 fully saturated rings. The van der Waals surface area contributed by atoms with E-state index in [-0.39, 0.29) is 5.41 Å². The number of thioether (sulfide) groups is 1. The van der Waals surface area contributed by atoms with E-state index in [9.17, 15) is 0 Å². The molecular weight excluding hydrogens is 212 g/mol. The Morgan fingerprint density at radius 2 is 1.81 bits per heavy atom. The lowest BCUT2D eigenvalue weighted by molar-refractivity contribution is 0.504. The second-order valence-electron chi connectivity index (χ2n) is 5.56. The maximum Gasteiger partial charge on any atom is -0.0127 e. The van der Waals surface area contributed by atoms with Gasteiger partial charge < -0.3 is 0 Å². The van der Waals surface area contributed by atoms with Gasteiger partial charge in [0.05, 0.1) is 0 Å². The van der Waals surface area contributed by atoms with Gasteiger partial charge in [-0.05, 0) is 35.8 Å². The molecule has 0 aromatic carbocycles. The molecule has 94 valence electrons. The van der Waals surface area contributed by atoms with Crippen molar-refractivity contribution in [2.24, 2.45) is 11.3 Å². The highest BCUT2D eigenvalue weighted by Crippen LogP contribution is 2.28. The number of hydrogen-bond donors (Lipinski definition) is 0. The lowest BCUT2D eigenvalue weighted by atomic mass is 9.87. The second-order valence-corrected chi connectivity index (χ2v) is 6.44. The summed E-state index contributed by atoms with van der Waals surface area (Å²) in [5, 5.41) is 0. The third-order valence-corrected chi connectivity index (χ3v) is 4.13. The molecule has 16 heavy (non-hydrogen) atoms. The molecule has 0 spiro atoms. The van der Waals surface area contributed by atoms with Crippen molar-refractivity contribution < 1.29 is 0 Å².